The van der Waals surface area contributed by atoms with Crippen LogP contribution in [0.4, 0.5) is 31.8 Å². The number of aromatic nitrogens is 4. The number of hydrogen-bond acceptors (Lipinski definition) is 2. The van der Waals surface area contributed by atoms with Crippen molar-refractivity contribution in [1.29, 1.82) is 0 Å². The van der Waals surface area contributed by atoms with Gasteiger partial charge < -0.3 is 44.6 Å². The summed E-state index contributed by atoms with van der Waals surface area (Å²) in [5.74, 6) is 0.649. The van der Waals surface area contributed by atoms with Crippen molar-refractivity contribution in [2.75, 3.05) is 0 Å². The quantitative estimate of drug-likeness (QED) is 0.160. The van der Waals surface area contributed by atoms with E-state index < -0.39 is 0 Å². The zero-order valence-corrected chi connectivity index (χ0v) is 29.4. The van der Waals surface area contributed by atoms with Gasteiger partial charge in [-0.25, -0.2) is 8.78 Å². The van der Waals surface area contributed by atoms with Crippen molar-refractivity contribution in [1.82, 2.24) is 19.1 Å². The van der Waals surface area contributed by atoms with E-state index in [1.165, 1.54) is 24.3 Å². The number of nitrogens with zero attached hydrogens (tertiary/aromatic N) is 6. The molecule has 4 aromatic carbocycles. The van der Waals surface area contributed by atoms with Crippen LogP contribution in [0.15, 0.2) is 158 Å². The van der Waals surface area contributed by atoms with Crippen molar-refractivity contribution in [3.05, 3.63) is 195 Å². The second-order valence-electron chi connectivity index (χ2n) is 10.4. The molecule has 0 saturated heterocycles. The Morgan fingerprint density at radius 2 is 0.796 bits per heavy atom. The van der Waals surface area contributed by atoms with Gasteiger partial charge in [-0.2, -0.15) is 0 Å². The first-order valence-electron chi connectivity index (χ1n) is 14.6. The Kier molecular flexibility index (Phi) is 12.4. The molecule has 4 heterocycles. The second kappa shape index (κ2) is 16.6. The average Bonchev–Trinajstić information content (AvgIpc) is 3.72. The minimum atomic E-state index is -0.273. The van der Waals surface area contributed by atoms with E-state index in [1.54, 1.807) is 24.3 Å². The molecule has 0 radical (unpaired) electrons. The molecular weight excluding hydrogens is 694 g/mol. The Morgan fingerprint density at radius 3 is 1.16 bits per heavy atom. The third kappa shape index (κ3) is 8.56. The standard InChI is InChI=1S/2C19H13FN3.2CH3.Zr/c2*20-15-7-9-16(10-8-15)21-18-11-6-14-12-13-23(19(14)22-18)17-4-2-1-3-5-17;;;/h2*1-13H;2*1H3;/q4*-1;+2. The van der Waals surface area contributed by atoms with E-state index in [0.717, 1.165) is 33.4 Å². The molecule has 0 aliphatic rings. The third-order valence-electron chi connectivity index (χ3n) is 7.25. The summed E-state index contributed by atoms with van der Waals surface area (Å²) in [6.07, 6.45) is 3.99. The molecule has 0 unspecified atom stereocenters. The number of pyridine rings is 2. The molecule has 8 rings (SSSR count). The first-order valence-corrected chi connectivity index (χ1v) is 14.6. The molecule has 49 heavy (non-hydrogen) atoms. The van der Waals surface area contributed by atoms with E-state index in [2.05, 4.69) is 20.6 Å². The van der Waals surface area contributed by atoms with Gasteiger partial charge in [0.25, 0.3) is 0 Å². The van der Waals surface area contributed by atoms with Gasteiger partial charge in [-0.1, -0.05) is 96.6 Å². The van der Waals surface area contributed by atoms with E-state index in [9.17, 15) is 8.78 Å². The van der Waals surface area contributed by atoms with Crippen LogP contribution in [0.25, 0.3) is 44.1 Å². The molecule has 6 nitrogen and oxygen atoms in total. The van der Waals surface area contributed by atoms with Gasteiger partial charge >= 0.3 is 26.2 Å². The maximum Gasteiger partial charge on any atom is 2.00 e. The van der Waals surface area contributed by atoms with Gasteiger partial charge in [0.15, 0.2) is 0 Å². The summed E-state index contributed by atoms with van der Waals surface area (Å²) >= 11 is 0. The maximum atomic E-state index is 13.0. The van der Waals surface area contributed by atoms with E-state index in [1.807, 2.05) is 119 Å². The summed E-state index contributed by atoms with van der Waals surface area (Å²) < 4.78 is 30.0. The fraction of sp³-hybridized carbons (Fsp3) is 0. The predicted octanol–water partition coefficient (Wildman–Crippen LogP) is 11.9. The summed E-state index contributed by atoms with van der Waals surface area (Å²) in [5.41, 5.74) is 5.15. The fourth-order valence-electron chi connectivity index (χ4n) is 5.01. The Morgan fingerprint density at radius 1 is 0.429 bits per heavy atom. The van der Waals surface area contributed by atoms with E-state index in [4.69, 9.17) is 0 Å². The first kappa shape index (κ1) is 36.4. The van der Waals surface area contributed by atoms with Gasteiger partial charge in [0.1, 0.15) is 11.6 Å². The van der Waals surface area contributed by atoms with Crippen molar-refractivity contribution < 1.29 is 35.0 Å². The molecule has 0 fully saturated rings. The van der Waals surface area contributed by atoms with Crippen LogP contribution in [0.1, 0.15) is 0 Å². The average molecular weight is 726 g/mol. The molecule has 9 heteroatoms. The van der Waals surface area contributed by atoms with Crippen LogP contribution < -0.4 is 0 Å². The Hall–Kier alpha value is -5.40. The zero-order valence-electron chi connectivity index (χ0n) is 27.0. The molecule has 0 aliphatic carbocycles. The van der Waals surface area contributed by atoms with Crippen LogP contribution in [0.5, 0.6) is 0 Å². The number of benzene rings is 4. The number of hydrogen-bond donors (Lipinski definition) is 0. The molecule has 0 bridgehead atoms. The first-order chi connectivity index (χ1) is 22.6. The van der Waals surface area contributed by atoms with Gasteiger partial charge in [-0.3, -0.25) is 0 Å². The molecule has 4 aromatic heterocycles. The zero-order chi connectivity index (χ0) is 31.3. The number of fused-ring (bicyclic) bond motifs is 2. The summed E-state index contributed by atoms with van der Waals surface area (Å²) in [6, 6.07) is 43.9. The van der Waals surface area contributed by atoms with Crippen LogP contribution in [0.3, 0.4) is 0 Å². The van der Waals surface area contributed by atoms with Crippen LogP contribution in [0, 0.1) is 26.5 Å². The largest absolute Gasteiger partial charge is 2.00 e. The minimum absolute atomic E-state index is 0. The van der Waals surface area contributed by atoms with Gasteiger partial charge in [0.2, 0.25) is 0 Å². The van der Waals surface area contributed by atoms with Gasteiger partial charge in [0.05, 0.1) is 0 Å². The normalized spacial score (nSPS) is 10.2. The summed E-state index contributed by atoms with van der Waals surface area (Å²) in [5, 5.41) is 11.0. The number of rotatable bonds is 6. The van der Waals surface area contributed by atoms with E-state index >= 15 is 0 Å². The SMILES string of the molecule is Fc1ccc([N-]c2ccc3ccn(-c4ccccc4)c3n2)cc1.Fc1ccc([N-]c2ccc3ccn(-c4ccccc4)c3n2)cc1.[CH3-].[CH3-].[Zr+2]. The predicted molar refractivity (Wildman–Crippen MR) is 193 cm³/mol. The Labute approximate surface area is 304 Å². The van der Waals surface area contributed by atoms with Gasteiger partial charge in [-0.15, -0.1) is 0 Å². The summed E-state index contributed by atoms with van der Waals surface area (Å²) in [4.78, 5) is 9.26. The van der Waals surface area contributed by atoms with Crippen molar-refractivity contribution >= 4 is 45.1 Å². The Balaban J connectivity index is 0.000000208. The van der Waals surface area contributed by atoms with E-state index in [-0.39, 0.29) is 52.7 Å². The van der Waals surface area contributed by atoms with Crippen LogP contribution in [-0.2, 0) is 26.2 Å². The molecule has 0 amide bonds. The van der Waals surface area contributed by atoms with E-state index in [0.29, 0.717) is 23.0 Å². The molecule has 0 spiro atoms. The Bertz CT molecular complexity index is 2060. The monoisotopic (exact) mass is 724 g/mol. The smallest absolute Gasteiger partial charge is 0.436 e. The van der Waals surface area contributed by atoms with Gasteiger partial charge in [-0.05, 0) is 82.8 Å². The summed E-state index contributed by atoms with van der Waals surface area (Å²) in [7, 11) is 0. The molecule has 8 aromatic rings. The van der Waals surface area contributed by atoms with Crippen LogP contribution in [0.2, 0.25) is 0 Å². The number of halogens is 2. The van der Waals surface area contributed by atoms with Crippen LogP contribution >= 0.6 is 0 Å². The van der Waals surface area contributed by atoms with Crippen molar-refractivity contribution in [3.8, 4) is 11.4 Å². The van der Waals surface area contributed by atoms with Gasteiger partial charge in [0, 0.05) is 35.1 Å². The molecule has 0 aliphatic heterocycles. The topological polar surface area (TPSA) is 63.8 Å². The molecular formula is C40H32F2N6Zr-2. The molecule has 0 saturated carbocycles. The number of para-hydroxylation sites is 2. The van der Waals surface area contributed by atoms with Crippen LogP contribution in [-0.4, -0.2) is 19.1 Å². The third-order valence-corrected chi connectivity index (χ3v) is 7.25. The van der Waals surface area contributed by atoms with Crippen molar-refractivity contribution in [2.45, 2.75) is 0 Å². The maximum absolute atomic E-state index is 13.0. The molecule has 0 atom stereocenters. The fourth-order valence-corrected chi connectivity index (χ4v) is 5.01. The molecule has 0 N–H and O–H groups in total. The summed E-state index contributed by atoms with van der Waals surface area (Å²) in [6.45, 7) is 0. The second-order valence-corrected chi connectivity index (χ2v) is 10.4. The van der Waals surface area contributed by atoms with Crippen molar-refractivity contribution in [2.24, 2.45) is 0 Å². The minimum Gasteiger partial charge on any atom is -0.436 e. The van der Waals surface area contributed by atoms with Crippen molar-refractivity contribution in [3.63, 3.8) is 0 Å². The molecule has 242 valence electrons.